The van der Waals surface area contributed by atoms with Gasteiger partial charge in [-0.1, -0.05) is 12.1 Å². The molecule has 0 radical (unpaired) electrons. The maximum atomic E-state index is 5.87. The van der Waals surface area contributed by atoms with E-state index in [1.807, 2.05) is 31.2 Å². The van der Waals surface area contributed by atoms with E-state index in [9.17, 15) is 0 Å². The zero-order valence-electron chi connectivity index (χ0n) is 9.69. The summed E-state index contributed by atoms with van der Waals surface area (Å²) in [5.74, 6) is 0.927. The van der Waals surface area contributed by atoms with Gasteiger partial charge in [0.15, 0.2) is 0 Å². The van der Waals surface area contributed by atoms with E-state index >= 15 is 0 Å². The summed E-state index contributed by atoms with van der Waals surface area (Å²) in [4.78, 5) is 0. The summed E-state index contributed by atoms with van der Waals surface area (Å²) in [5, 5.41) is 0. The zero-order chi connectivity index (χ0) is 11.4. The number of hydrogen-bond acceptors (Lipinski definition) is 3. The molecular formula is C13H19NO2. The SMILES string of the molecule is CC(N)c1ccc(OC2CCOCC2)cc1. The highest BCUT2D eigenvalue weighted by atomic mass is 16.5. The van der Waals surface area contributed by atoms with Gasteiger partial charge in [0.05, 0.1) is 13.2 Å². The first-order valence-corrected chi connectivity index (χ1v) is 5.85. The van der Waals surface area contributed by atoms with Gasteiger partial charge >= 0.3 is 0 Å². The molecule has 0 amide bonds. The molecular weight excluding hydrogens is 202 g/mol. The molecule has 0 saturated carbocycles. The minimum atomic E-state index is 0.0807. The Morgan fingerprint density at radius 1 is 1.25 bits per heavy atom. The van der Waals surface area contributed by atoms with Crippen LogP contribution in [0.5, 0.6) is 5.75 Å². The number of nitrogens with two attached hydrogens (primary N) is 1. The fraction of sp³-hybridized carbons (Fsp3) is 0.538. The van der Waals surface area contributed by atoms with Gasteiger partial charge in [-0.25, -0.2) is 0 Å². The largest absolute Gasteiger partial charge is 0.490 e. The van der Waals surface area contributed by atoms with Crippen LogP contribution in [0.1, 0.15) is 31.4 Å². The minimum Gasteiger partial charge on any atom is -0.490 e. The number of ether oxygens (including phenoxy) is 2. The standard InChI is InChI=1S/C13H19NO2/c1-10(14)11-2-4-12(5-3-11)16-13-6-8-15-9-7-13/h2-5,10,13H,6-9,14H2,1H3. The summed E-state index contributed by atoms with van der Waals surface area (Å²) in [6.07, 6.45) is 2.26. The third-order valence-electron chi connectivity index (χ3n) is 2.88. The van der Waals surface area contributed by atoms with Crippen LogP contribution in [-0.2, 0) is 4.74 Å². The first-order valence-electron chi connectivity index (χ1n) is 5.85. The van der Waals surface area contributed by atoms with Gasteiger partial charge in [-0.2, -0.15) is 0 Å². The Morgan fingerprint density at radius 2 is 1.88 bits per heavy atom. The minimum absolute atomic E-state index is 0.0807. The molecule has 3 heteroatoms. The Hall–Kier alpha value is -1.06. The predicted octanol–water partition coefficient (Wildman–Crippen LogP) is 2.26. The van der Waals surface area contributed by atoms with Crippen LogP contribution in [0.3, 0.4) is 0 Å². The van der Waals surface area contributed by atoms with Gasteiger partial charge in [-0.15, -0.1) is 0 Å². The van der Waals surface area contributed by atoms with Gasteiger partial charge in [0.1, 0.15) is 11.9 Å². The first-order chi connectivity index (χ1) is 7.75. The van der Waals surface area contributed by atoms with Crippen LogP contribution in [0.2, 0.25) is 0 Å². The summed E-state index contributed by atoms with van der Waals surface area (Å²) in [7, 11) is 0. The maximum Gasteiger partial charge on any atom is 0.119 e. The highest BCUT2D eigenvalue weighted by Crippen LogP contribution is 2.20. The van der Waals surface area contributed by atoms with E-state index in [0.717, 1.165) is 37.4 Å². The van der Waals surface area contributed by atoms with Gasteiger partial charge in [-0.05, 0) is 24.6 Å². The van der Waals surface area contributed by atoms with Crippen LogP contribution in [0.4, 0.5) is 0 Å². The molecule has 1 aromatic carbocycles. The van der Waals surface area contributed by atoms with E-state index in [1.54, 1.807) is 0 Å². The molecule has 0 bridgehead atoms. The molecule has 1 saturated heterocycles. The van der Waals surface area contributed by atoms with Crippen molar-refractivity contribution in [3.8, 4) is 5.75 Å². The van der Waals surface area contributed by atoms with Crippen molar-refractivity contribution >= 4 is 0 Å². The molecule has 1 aromatic rings. The van der Waals surface area contributed by atoms with Crippen LogP contribution in [0.15, 0.2) is 24.3 Å². The van der Waals surface area contributed by atoms with E-state index in [2.05, 4.69) is 0 Å². The average molecular weight is 221 g/mol. The fourth-order valence-corrected chi connectivity index (χ4v) is 1.84. The second-order valence-corrected chi connectivity index (χ2v) is 4.29. The summed E-state index contributed by atoms with van der Waals surface area (Å²) < 4.78 is 11.2. The van der Waals surface area contributed by atoms with Crippen LogP contribution in [0.25, 0.3) is 0 Å². The van der Waals surface area contributed by atoms with Crippen LogP contribution in [-0.4, -0.2) is 19.3 Å². The summed E-state index contributed by atoms with van der Waals surface area (Å²) >= 11 is 0. The molecule has 2 N–H and O–H groups in total. The second kappa shape index (κ2) is 5.32. The molecule has 16 heavy (non-hydrogen) atoms. The second-order valence-electron chi connectivity index (χ2n) is 4.29. The first kappa shape index (κ1) is 11.4. The van der Waals surface area contributed by atoms with Crippen molar-refractivity contribution in [3.05, 3.63) is 29.8 Å². The molecule has 1 unspecified atom stereocenters. The van der Waals surface area contributed by atoms with E-state index in [4.69, 9.17) is 15.2 Å². The molecule has 0 spiro atoms. The fourth-order valence-electron chi connectivity index (χ4n) is 1.84. The Morgan fingerprint density at radius 3 is 2.44 bits per heavy atom. The third kappa shape index (κ3) is 2.97. The molecule has 0 aromatic heterocycles. The molecule has 1 heterocycles. The van der Waals surface area contributed by atoms with Gasteiger partial charge in [0, 0.05) is 18.9 Å². The van der Waals surface area contributed by atoms with Gasteiger partial charge in [0.25, 0.3) is 0 Å². The number of hydrogen-bond donors (Lipinski definition) is 1. The third-order valence-corrected chi connectivity index (χ3v) is 2.88. The molecule has 88 valence electrons. The van der Waals surface area contributed by atoms with Gasteiger partial charge < -0.3 is 15.2 Å². The molecule has 1 atom stereocenters. The zero-order valence-corrected chi connectivity index (χ0v) is 9.69. The summed E-state index contributed by atoms with van der Waals surface area (Å²) in [5.41, 5.74) is 6.93. The highest BCUT2D eigenvalue weighted by Gasteiger charge is 2.15. The van der Waals surface area contributed by atoms with Gasteiger partial charge in [0.2, 0.25) is 0 Å². The Balaban J connectivity index is 1.93. The van der Waals surface area contributed by atoms with Crippen molar-refractivity contribution in [2.75, 3.05) is 13.2 Å². The van der Waals surface area contributed by atoms with Crippen LogP contribution in [0, 0.1) is 0 Å². The molecule has 3 nitrogen and oxygen atoms in total. The summed E-state index contributed by atoms with van der Waals surface area (Å²) in [6, 6.07) is 8.12. The summed E-state index contributed by atoms with van der Waals surface area (Å²) in [6.45, 7) is 3.60. The van der Waals surface area contributed by atoms with Crippen molar-refractivity contribution in [1.82, 2.24) is 0 Å². The van der Waals surface area contributed by atoms with Crippen molar-refractivity contribution in [2.45, 2.75) is 31.9 Å². The van der Waals surface area contributed by atoms with Crippen LogP contribution >= 0.6 is 0 Å². The van der Waals surface area contributed by atoms with E-state index < -0.39 is 0 Å². The highest BCUT2D eigenvalue weighted by molar-refractivity contribution is 5.28. The molecule has 0 aliphatic carbocycles. The van der Waals surface area contributed by atoms with Crippen LogP contribution < -0.4 is 10.5 Å². The lowest BCUT2D eigenvalue weighted by molar-refractivity contribution is 0.0255. The van der Waals surface area contributed by atoms with E-state index in [-0.39, 0.29) is 6.04 Å². The normalized spacial score (nSPS) is 19.4. The molecule has 1 aliphatic rings. The molecule has 1 fully saturated rings. The quantitative estimate of drug-likeness (QED) is 0.851. The van der Waals surface area contributed by atoms with Crippen molar-refractivity contribution in [3.63, 3.8) is 0 Å². The lowest BCUT2D eigenvalue weighted by atomic mass is 10.1. The average Bonchev–Trinajstić information content (AvgIpc) is 2.31. The lowest BCUT2D eigenvalue weighted by Crippen LogP contribution is -2.25. The van der Waals surface area contributed by atoms with Crippen molar-refractivity contribution in [1.29, 1.82) is 0 Å². The Bertz CT molecular complexity index is 315. The lowest BCUT2D eigenvalue weighted by Gasteiger charge is -2.23. The number of benzene rings is 1. The Labute approximate surface area is 96.5 Å². The van der Waals surface area contributed by atoms with E-state index in [0.29, 0.717) is 6.10 Å². The molecule has 2 rings (SSSR count). The molecule has 1 aliphatic heterocycles. The van der Waals surface area contributed by atoms with Gasteiger partial charge in [-0.3, -0.25) is 0 Å². The maximum absolute atomic E-state index is 5.87. The smallest absolute Gasteiger partial charge is 0.119 e. The van der Waals surface area contributed by atoms with Crippen molar-refractivity contribution < 1.29 is 9.47 Å². The Kier molecular flexibility index (Phi) is 3.80. The predicted molar refractivity (Wildman–Crippen MR) is 63.5 cm³/mol. The van der Waals surface area contributed by atoms with Crippen molar-refractivity contribution in [2.24, 2.45) is 5.73 Å². The topological polar surface area (TPSA) is 44.5 Å². The monoisotopic (exact) mass is 221 g/mol. The number of rotatable bonds is 3. The van der Waals surface area contributed by atoms with E-state index in [1.165, 1.54) is 0 Å².